The Morgan fingerprint density at radius 2 is 2.03 bits per heavy atom. The number of benzene rings is 1. The van der Waals surface area contributed by atoms with Gasteiger partial charge in [0.1, 0.15) is 17.9 Å². The molecule has 1 aliphatic rings. The van der Waals surface area contributed by atoms with Crippen molar-refractivity contribution < 1.29 is 9.47 Å². The van der Waals surface area contributed by atoms with Gasteiger partial charge in [-0.1, -0.05) is 6.07 Å². The van der Waals surface area contributed by atoms with Gasteiger partial charge in [0.25, 0.3) is 0 Å². The number of nitrogens with one attached hydrogen (secondary N) is 1. The molecule has 1 aliphatic heterocycles. The Morgan fingerprint density at radius 1 is 1.13 bits per heavy atom. The number of aromatic nitrogens is 4. The van der Waals surface area contributed by atoms with Gasteiger partial charge in [-0.25, -0.2) is 15.0 Å². The monoisotopic (exact) mass is 401 g/mol. The van der Waals surface area contributed by atoms with Gasteiger partial charge in [-0.15, -0.1) is 0 Å². The second-order valence-corrected chi connectivity index (χ2v) is 7.56. The molecule has 0 fully saturated rings. The van der Waals surface area contributed by atoms with Crippen molar-refractivity contribution in [3.8, 4) is 34.0 Å². The highest BCUT2D eigenvalue weighted by Gasteiger charge is 2.22. The molecule has 0 saturated heterocycles. The summed E-state index contributed by atoms with van der Waals surface area (Å²) in [5.41, 5.74) is 6.47. The molecule has 0 radical (unpaired) electrons. The van der Waals surface area contributed by atoms with Crippen LogP contribution < -0.4 is 14.4 Å². The van der Waals surface area contributed by atoms with Gasteiger partial charge in [0, 0.05) is 35.6 Å². The van der Waals surface area contributed by atoms with Crippen LogP contribution in [0, 0.1) is 0 Å². The van der Waals surface area contributed by atoms with Gasteiger partial charge in [-0.2, -0.15) is 0 Å². The topological polar surface area (TPSA) is 76.2 Å². The van der Waals surface area contributed by atoms with Crippen molar-refractivity contribution in [1.29, 1.82) is 0 Å². The molecule has 4 aromatic rings. The van der Waals surface area contributed by atoms with Gasteiger partial charge < -0.3 is 19.4 Å². The van der Waals surface area contributed by atoms with Crippen LogP contribution in [0.1, 0.15) is 13.8 Å². The maximum atomic E-state index is 5.87. The maximum Gasteiger partial charge on any atom is 0.213 e. The fourth-order valence-electron chi connectivity index (χ4n) is 3.87. The van der Waals surface area contributed by atoms with Crippen molar-refractivity contribution in [3.63, 3.8) is 0 Å². The lowest BCUT2D eigenvalue weighted by atomic mass is 10.0. The van der Waals surface area contributed by atoms with E-state index in [1.54, 1.807) is 19.5 Å². The average molecular weight is 401 g/mol. The zero-order valence-corrected chi connectivity index (χ0v) is 17.2. The van der Waals surface area contributed by atoms with Crippen molar-refractivity contribution in [3.05, 3.63) is 48.9 Å². The van der Waals surface area contributed by atoms with E-state index in [4.69, 9.17) is 14.5 Å². The van der Waals surface area contributed by atoms with Crippen molar-refractivity contribution in [1.82, 2.24) is 19.9 Å². The lowest BCUT2D eigenvalue weighted by Gasteiger charge is -2.34. The van der Waals surface area contributed by atoms with Crippen molar-refractivity contribution in [2.45, 2.75) is 19.9 Å². The summed E-state index contributed by atoms with van der Waals surface area (Å²) < 4.78 is 11.1. The Balaban J connectivity index is 1.61. The minimum atomic E-state index is 0.402. The zero-order chi connectivity index (χ0) is 20.7. The minimum Gasteiger partial charge on any atom is -0.490 e. The number of hydrogen-bond donors (Lipinski definition) is 1. The van der Waals surface area contributed by atoms with Crippen LogP contribution in [0.3, 0.4) is 0 Å². The molecule has 7 nitrogen and oxygen atoms in total. The van der Waals surface area contributed by atoms with Crippen LogP contribution in [0.25, 0.3) is 33.5 Å². The highest BCUT2D eigenvalue weighted by Crippen LogP contribution is 2.38. The predicted molar refractivity (Wildman–Crippen MR) is 117 cm³/mol. The highest BCUT2D eigenvalue weighted by atomic mass is 16.5. The number of hydrogen-bond acceptors (Lipinski definition) is 6. The Morgan fingerprint density at radius 3 is 2.87 bits per heavy atom. The molecule has 5 rings (SSSR count). The first-order valence-electron chi connectivity index (χ1n) is 10.0. The fraction of sp³-hybridized carbons (Fsp3) is 0.261. The number of anilines is 1. The van der Waals surface area contributed by atoms with Crippen LogP contribution in [0.2, 0.25) is 0 Å². The number of aromatic amines is 1. The van der Waals surface area contributed by atoms with Crippen molar-refractivity contribution >= 4 is 16.9 Å². The van der Waals surface area contributed by atoms with E-state index in [9.17, 15) is 0 Å². The van der Waals surface area contributed by atoms with Gasteiger partial charge in [0.15, 0.2) is 5.65 Å². The third kappa shape index (κ3) is 3.12. The molecule has 4 heterocycles. The molecule has 30 heavy (non-hydrogen) atoms. The molecule has 0 atom stereocenters. The van der Waals surface area contributed by atoms with Crippen LogP contribution in [0.5, 0.6) is 11.6 Å². The van der Waals surface area contributed by atoms with Crippen LogP contribution in [0.15, 0.2) is 48.9 Å². The fourth-order valence-corrected chi connectivity index (χ4v) is 3.87. The summed E-state index contributed by atoms with van der Waals surface area (Å²) in [6, 6.07) is 10.5. The third-order valence-corrected chi connectivity index (χ3v) is 5.41. The van der Waals surface area contributed by atoms with Crippen LogP contribution in [0.4, 0.5) is 5.69 Å². The second-order valence-electron chi connectivity index (χ2n) is 7.56. The number of ether oxygens (including phenoxy) is 2. The molecule has 1 aromatic carbocycles. The van der Waals surface area contributed by atoms with Crippen LogP contribution in [-0.4, -0.2) is 46.2 Å². The molecule has 7 heteroatoms. The summed E-state index contributed by atoms with van der Waals surface area (Å²) in [5, 5.41) is 0. The lowest BCUT2D eigenvalue weighted by molar-refractivity contribution is 0.303. The van der Waals surface area contributed by atoms with Gasteiger partial charge in [0.2, 0.25) is 5.88 Å². The zero-order valence-electron chi connectivity index (χ0n) is 17.2. The first-order chi connectivity index (χ1) is 14.6. The molecular weight excluding hydrogens is 378 g/mol. The Hall–Kier alpha value is -3.61. The van der Waals surface area contributed by atoms with Gasteiger partial charge in [-0.3, -0.25) is 0 Å². The molecular formula is C23H23N5O2. The van der Waals surface area contributed by atoms with Crippen molar-refractivity contribution in [2.75, 3.05) is 25.2 Å². The first kappa shape index (κ1) is 18.4. The van der Waals surface area contributed by atoms with E-state index >= 15 is 0 Å². The normalized spacial score (nSPS) is 13.4. The summed E-state index contributed by atoms with van der Waals surface area (Å²) >= 11 is 0. The van der Waals surface area contributed by atoms with Gasteiger partial charge in [0.05, 0.1) is 31.2 Å². The maximum absolute atomic E-state index is 5.87. The van der Waals surface area contributed by atoms with Crippen LogP contribution in [-0.2, 0) is 0 Å². The number of H-pyrrole nitrogens is 1. The van der Waals surface area contributed by atoms with E-state index < -0.39 is 0 Å². The molecule has 0 spiro atoms. The molecule has 152 valence electrons. The summed E-state index contributed by atoms with van der Waals surface area (Å²) in [7, 11) is 1.60. The molecule has 0 bridgehead atoms. The summed E-state index contributed by atoms with van der Waals surface area (Å²) in [6.45, 7) is 6.00. The largest absolute Gasteiger partial charge is 0.490 e. The summed E-state index contributed by atoms with van der Waals surface area (Å²) in [4.78, 5) is 19.3. The molecule has 1 N–H and O–H groups in total. The smallest absolute Gasteiger partial charge is 0.213 e. The van der Waals surface area contributed by atoms with E-state index in [1.165, 1.54) is 0 Å². The quantitative estimate of drug-likeness (QED) is 0.549. The van der Waals surface area contributed by atoms with E-state index in [0.717, 1.165) is 51.5 Å². The lowest BCUT2D eigenvalue weighted by Crippen LogP contribution is -2.37. The van der Waals surface area contributed by atoms with E-state index in [-0.39, 0.29) is 0 Å². The standard InChI is InChI=1S/C23H23N5O2/c1-14(2)28-8-9-30-20-5-4-15(10-19(20)28)17-12-25-23-22(17)27-18(13-26-23)16-6-7-24-21(11-16)29-3/h4-7,10-14H,8-9H2,1-3H3,(H,25,26). The number of rotatable bonds is 4. The van der Waals surface area contributed by atoms with E-state index in [0.29, 0.717) is 18.5 Å². The SMILES string of the molecule is COc1cc(-c2cnc3[nH]cc(-c4ccc5c(c4)N(C(C)C)CCO5)c3n2)ccn1. The summed E-state index contributed by atoms with van der Waals surface area (Å²) in [5.74, 6) is 1.47. The van der Waals surface area contributed by atoms with Crippen LogP contribution >= 0.6 is 0 Å². The molecule has 0 aliphatic carbocycles. The van der Waals surface area contributed by atoms with Gasteiger partial charge in [-0.05, 0) is 37.6 Å². The number of methoxy groups -OCH3 is 1. The Bertz CT molecular complexity index is 1220. The molecule has 0 unspecified atom stereocenters. The number of fused-ring (bicyclic) bond motifs is 2. The Labute approximate surface area is 174 Å². The molecule has 3 aromatic heterocycles. The first-order valence-corrected chi connectivity index (χ1v) is 10.0. The second kappa shape index (κ2) is 7.33. The molecule has 0 amide bonds. The van der Waals surface area contributed by atoms with E-state index in [1.807, 2.05) is 24.4 Å². The summed E-state index contributed by atoms with van der Waals surface area (Å²) in [6.07, 6.45) is 5.44. The van der Waals surface area contributed by atoms with E-state index in [2.05, 4.69) is 45.8 Å². The Kier molecular flexibility index (Phi) is 4.50. The van der Waals surface area contributed by atoms with Gasteiger partial charge >= 0.3 is 0 Å². The average Bonchev–Trinajstić information content (AvgIpc) is 3.21. The minimum absolute atomic E-state index is 0.402. The molecule has 0 saturated carbocycles. The third-order valence-electron chi connectivity index (χ3n) is 5.41. The number of nitrogens with zero attached hydrogens (tertiary/aromatic N) is 4. The van der Waals surface area contributed by atoms with Crippen molar-refractivity contribution in [2.24, 2.45) is 0 Å². The highest BCUT2D eigenvalue weighted by molar-refractivity contribution is 5.92. The number of pyridine rings is 1. The predicted octanol–water partition coefficient (Wildman–Crippen LogP) is 4.30.